The quantitative estimate of drug-likeness (QED) is 0.865. The minimum atomic E-state index is 0.179. The molecular weight excluding hydrogens is 230 g/mol. The fraction of sp³-hybridized carbons (Fsp3) is 0.308. The lowest BCUT2D eigenvalue weighted by Gasteiger charge is -2.11. The number of nitrogens with one attached hydrogen (secondary N) is 1. The van der Waals surface area contributed by atoms with E-state index in [1.165, 1.54) is 0 Å². The minimum absolute atomic E-state index is 0.179. The predicted molar refractivity (Wildman–Crippen MR) is 68.3 cm³/mol. The van der Waals surface area contributed by atoms with E-state index < -0.39 is 0 Å². The first-order chi connectivity index (χ1) is 8.81. The Morgan fingerprint density at radius 3 is 2.78 bits per heavy atom. The van der Waals surface area contributed by atoms with Crippen LogP contribution < -0.4 is 10.5 Å². The number of nitrogens with zero attached hydrogens (tertiary/aromatic N) is 1. The lowest BCUT2D eigenvalue weighted by Crippen LogP contribution is -2.15. The zero-order valence-electron chi connectivity index (χ0n) is 9.93. The number of H-pyrrole nitrogens is 1. The van der Waals surface area contributed by atoms with Crippen molar-refractivity contribution in [3.8, 4) is 17.0 Å². The minimum Gasteiger partial charge on any atom is -0.488 e. The molecule has 5 heteroatoms. The van der Waals surface area contributed by atoms with Gasteiger partial charge >= 0.3 is 0 Å². The molecule has 1 saturated heterocycles. The number of nitrogens with two attached hydrogens (primary N) is 1. The van der Waals surface area contributed by atoms with E-state index >= 15 is 0 Å². The van der Waals surface area contributed by atoms with E-state index in [1.807, 2.05) is 24.3 Å². The molecule has 3 N–H and O–H groups in total. The number of hydrogen-bond donors (Lipinski definition) is 2. The van der Waals surface area contributed by atoms with Crippen LogP contribution in [0.25, 0.3) is 11.3 Å². The molecule has 2 aromatic rings. The largest absolute Gasteiger partial charge is 0.488 e. The zero-order valence-corrected chi connectivity index (χ0v) is 9.93. The third-order valence-corrected chi connectivity index (χ3v) is 2.95. The monoisotopic (exact) mass is 245 g/mol. The predicted octanol–water partition coefficient (Wildman–Crippen LogP) is 1.83. The highest BCUT2D eigenvalue weighted by molar-refractivity contribution is 5.62. The summed E-state index contributed by atoms with van der Waals surface area (Å²) in [5.74, 6) is 1.36. The van der Waals surface area contributed by atoms with Gasteiger partial charge in [-0.25, -0.2) is 0 Å². The van der Waals surface area contributed by atoms with Crippen LogP contribution in [0.5, 0.6) is 5.75 Å². The van der Waals surface area contributed by atoms with Crippen molar-refractivity contribution in [1.29, 1.82) is 0 Å². The summed E-state index contributed by atoms with van der Waals surface area (Å²) < 4.78 is 11.1. The summed E-state index contributed by atoms with van der Waals surface area (Å²) in [6.07, 6.45) is 1.14. The number of nitrogen functional groups attached to an aromatic ring is 1. The number of aromatic nitrogens is 2. The van der Waals surface area contributed by atoms with E-state index in [9.17, 15) is 0 Å². The van der Waals surface area contributed by atoms with Crippen LogP contribution in [0.4, 0.5) is 5.82 Å². The number of anilines is 1. The third-order valence-electron chi connectivity index (χ3n) is 2.95. The molecule has 0 bridgehead atoms. The highest BCUT2D eigenvalue weighted by Gasteiger charge is 2.16. The molecule has 1 aromatic carbocycles. The molecule has 1 unspecified atom stereocenters. The molecule has 1 aliphatic rings. The average Bonchev–Trinajstić information content (AvgIpc) is 3.02. The fourth-order valence-corrected chi connectivity index (χ4v) is 2.00. The lowest BCUT2D eigenvalue weighted by molar-refractivity contribution is 0.141. The van der Waals surface area contributed by atoms with Gasteiger partial charge in [0.25, 0.3) is 0 Å². The van der Waals surface area contributed by atoms with Gasteiger partial charge in [0.1, 0.15) is 17.7 Å². The molecule has 1 atom stereocenters. The van der Waals surface area contributed by atoms with E-state index in [4.69, 9.17) is 15.2 Å². The van der Waals surface area contributed by atoms with E-state index in [2.05, 4.69) is 10.2 Å². The number of aromatic amines is 1. The van der Waals surface area contributed by atoms with Gasteiger partial charge in [0.2, 0.25) is 0 Å². The van der Waals surface area contributed by atoms with Gasteiger partial charge in [-0.3, -0.25) is 5.10 Å². The van der Waals surface area contributed by atoms with E-state index in [-0.39, 0.29) is 6.10 Å². The average molecular weight is 245 g/mol. The number of ether oxygens (including phenoxy) is 2. The van der Waals surface area contributed by atoms with Gasteiger partial charge in [0, 0.05) is 12.5 Å². The Morgan fingerprint density at radius 1 is 1.33 bits per heavy atom. The van der Waals surface area contributed by atoms with Gasteiger partial charge < -0.3 is 15.2 Å². The van der Waals surface area contributed by atoms with Crippen molar-refractivity contribution in [3.05, 3.63) is 30.3 Å². The Bertz CT molecular complexity index is 515. The standard InChI is InChI=1S/C13H15N3O2/c14-13-7-12(15-16-13)9-1-3-10(4-2-9)18-11-5-6-17-8-11/h1-4,7,11H,5-6,8H2,(H3,14,15,16). The fourth-order valence-electron chi connectivity index (χ4n) is 2.00. The molecule has 5 nitrogen and oxygen atoms in total. The summed E-state index contributed by atoms with van der Waals surface area (Å²) in [7, 11) is 0. The summed E-state index contributed by atoms with van der Waals surface area (Å²) >= 11 is 0. The van der Waals surface area contributed by atoms with Crippen LogP contribution in [-0.2, 0) is 4.74 Å². The molecule has 2 heterocycles. The van der Waals surface area contributed by atoms with Crippen molar-refractivity contribution >= 4 is 5.82 Å². The third kappa shape index (κ3) is 2.31. The Morgan fingerprint density at radius 2 is 2.17 bits per heavy atom. The highest BCUT2D eigenvalue weighted by Crippen LogP contribution is 2.23. The van der Waals surface area contributed by atoms with Crippen molar-refractivity contribution in [3.63, 3.8) is 0 Å². The molecule has 0 saturated carbocycles. The van der Waals surface area contributed by atoms with Crippen molar-refractivity contribution < 1.29 is 9.47 Å². The normalized spacial score (nSPS) is 19.0. The van der Waals surface area contributed by atoms with Gasteiger partial charge in [0.15, 0.2) is 0 Å². The van der Waals surface area contributed by atoms with Gasteiger partial charge in [-0.15, -0.1) is 0 Å². The second-order valence-corrected chi connectivity index (χ2v) is 4.33. The maximum absolute atomic E-state index is 5.80. The molecule has 94 valence electrons. The summed E-state index contributed by atoms with van der Waals surface area (Å²) in [4.78, 5) is 0. The van der Waals surface area contributed by atoms with Crippen LogP contribution >= 0.6 is 0 Å². The smallest absolute Gasteiger partial charge is 0.145 e. The lowest BCUT2D eigenvalue weighted by atomic mass is 10.1. The van der Waals surface area contributed by atoms with Gasteiger partial charge in [0.05, 0.1) is 18.9 Å². The second-order valence-electron chi connectivity index (χ2n) is 4.33. The Hall–Kier alpha value is -2.01. The highest BCUT2D eigenvalue weighted by atomic mass is 16.5. The number of rotatable bonds is 3. The summed E-state index contributed by atoms with van der Waals surface area (Å²) in [5, 5.41) is 6.78. The topological polar surface area (TPSA) is 73.2 Å². The molecule has 1 fully saturated rings. The van der Waals surface area contributed by atoms with Crippen LogP contribution in [0, 0.1) is 0 Å². The Labute approximate surface area is 105 Å². The maximum atomic E-state index is 5.80. The van der Waals surface area contributed by atoms with E-state index in [1.54, 1.807) is 6.07 Å². The molecule has 1 aliphatic heterocycles. The molecular formula is C13H15N3O2. The summed E-state index contributed by atoms with van der Waals surface area (Å²) in [6, 6.07) is 9.67. The molecule has 18 heavy (non-hydrogen) atoms. The zero-order chi connectivity index (χ0) is 12.4. The van der Waals surface area contributed by atoms with Crippen LogP contribution in [0.3, 0.4) is 0 Å². The van der Waals surface area contributed by atoms with Gasteiger partial charge in [-0.1, -0.05) is 0 Å². The van der Waals surface area contributed by atoms with Crippen molar-refractivity contribution in [2.45, 2.75) is 12.5 Å². The van der Waals surface area contributed by atoms with Crippen molar-refractivity contribution in [2.24, 2.45) is 0 Å². The number of hydrogen-bond acceptors (Lipinski definition) is 4. The molecule has 3 rings (SSSR count). The molecule has 0 spiro atoms. The maximum Gasteiger partial charge on any atom is 0.145 e. The summed E-state index contributed by atoms with van der Waals surface area (Å²) in [5.41, 5.74) is 7.52. The van der Waals surface area contributed by atoms with Crippen LogP contribution in [0.1, 0.15) is 6.42 Å². The SMILES string of the molecule is Nc1cc(-c2ccc(OC3CCOC3)cc2)[nH]n1. The Balaban J connectivity index is 1.72. The molecule has 0 aliphatic carbocycles. The Kier molecular flexibility index (Phi) is 2.90. The van der Waals surface area contributed by atoms with Crippen molar-refractivity contribution in [1.82, 2.24) is 10.2 Å². The van der Waals surface area contributed by atoms with Crippen LogP contribution in [0.15, 0.2) is 30.3 Å². The molecule has 0 amide bonds. The first-order valence-corrected chi connectivity index (χ1v) is 5.97. The van der Waals surface area contributed by atoms with Gasteiger partial charge in [-0.2, -0.15) is 5.10 Å². The first-order valence-electron chi connectivity index (χ1n) is 5.97. The van der Waals surface area contributed by atoms with E-state index in [0.29, 0.717) is 12.4 Å². The summed E-state index contributed by atoms with van der Waals surface area (Å²) in [6.45, 7) is 1.47. The first kappa shape index (κ1) is 11.1. The van der Waals surface area contributed by atoms with Gasteiger partial charge in [-0.05, 0) is 29.8 Å². The molecule has 0 radical (unpaired) electrons. The second kappa shape index (κ2) is 4.70. The van der Waals surface area contributed by atoms with Crippen LogP contribution in [0.2, 0.25) is 0 Å². The van der Waals surface area contributed by atoms with E-state index in [0.717, 1.165) is 30.0 Å². The van der Waals surface area contributed by atoms with Crippen molar-refractivity contribution in [2.75, 3.05) is 18.9 Å². The number of benzene rings is 1. The van der Waals surface area contributed by atoms with Crippen LogP contribution in [-0.4, -0.2) is 29.5 Å². The molecule has 1 aromatic heterocycles.